The van der Waals surface area contributed by atoms with E-state index in [0.29, 0.717) is 0 Å². The molecule has 0 aliphatic heterocycles. The number of carboxylic acid groups (broad SMARTS) is 1. The van der Waals surface area contributed by atoms with Crippen LogP contribution in [0.25, 0.3) is 5.69 Å². The summed E-state index contributed by atoms with van der Waals surface area (Å²) in [5, 5.41) is 16.1. The van der Waals surface area contributed by atoms with Gasteiger partial charge in [0.2, 0.25) is 0 Å². The minimum atomic E-state index is -1.03. The van der Waals surface area contributed by atoms with E-state index in [-0.39, 0.29) is 18.1 Å². The Morgan fingerprint density at radius 2 is 1.71 bits per heavy atom. The number of nitrogens with one attached hydrogen (secondary N) is 1. The van der Waals surface area contributed by atoms with E-state index in [1.165, 1.54) is 0 Å². The van der Waals surface area contributed by atoms with Crippen molar-refractivity contribution in [3.05, 3.63) is 46.8 Å². The average Bonchev–Trinajstić information content (AvgIpc) is 2.85. The number of carboxylic acids is 1. The predicted molar refractivity (Wildman–Crippen MR) is 91.5 cm³/mol. The highest BCUT2D eigenvalue weighted by atomic mass is 16.4. The first kappa shape index (κ1) is 17.7. The average molecular weight is 329 g/mol. The van der Waals surface area contributed by atoms with Gasteiger partial charge < -0.3 is 10.4 Å². The van der Waals surface area contributed by atoms with Crippen LogP contribution < -0.4 is 5.32 Å². The Morgan fingerprint density at radius 1 is 1.12 bits per heavy atom. The van der Waals surface area contributed by atoms with Crippen molar-refractivity contribution in [1.82, 2.24) is 15.1 Å². The summed E-state index contributed by atoms with van der Waals surface area (Å²) in [4.78, 5) is 23.4. The quantitative estimate of drug-likeness (QED) is 0.883. The fourth-order valence-electron chi connectivity index (χ4n) is 2.39. The molecule has 6 nitrogen and oxygen atoms in total. The lowest BCUT2D eigenvalue weighted by Crippen LogP contribution is -2.39. The lowest BCUT2D eigenvalue weighted by atomic mass is 9.94. The molecule has 0 saturated carbocycles. The predicted octanol–water partition coefficient (Wildman–Crippen LogP) is 2.64. The van der Waals surface area contributed by atoms with Crippen LogP contribution in [0, 0.1) is 26.2 Å². The van der Waals surface area contributed by atoms with E-state index in [1.807, 2.05) is 32.9 Å². The number of carbonyl (C=O) groups excluding carboxylic acids is 1. The molecule has 1 amide bonds. The van der Waals surface area contributed by atoms with E-state index < -0.39 is 11.4 Å². The molecule has 0 unspecified atom stereocenters. The van der Waals surface area contributed by atoms with Gasteiger partial charge in [-0.2, -0.15) is 5.10 Å². The Hall–Kier alpha value is -2.63. The van der Waals surface area contributed by atoms with Crippen LogP contribution in [0.15, 0.2) is 24.3 Å². The van der Waals surface area contributed by atoms with Crippen molar-refractivity contribution in [1.29, 1.82) is 0 Å². The Morgan fingerprint density at radius 3 is 2.25 bits per heavy atom. The van der Waals surface area contributed by atoms with Crippen molar-refractivity contribution in [2.45, 2.75) is 34.6 Å². The second-order valence-electron chi connectivity index (χ2n) is 6.80. The van der Waals surface area contributed by atoms with Crippen LogP contribution in [0.2, 0.25) is 0 Å². The lowest BCUT2D eigenvalue weighted by molar-refractivity contribution is -0.146. The summed E-state index contributed by atoms with van der Waals surface area (Å²) in [6.07, 6.45) is 0. The summed E-state index contributed by atoms with van der Waals surface area (Å²) in [7, 11) is 0. The number of hydrogen-bond acceptors (Lipinski definition) is 3. The van der Waals surface area contributed by atoms with E-state index in [1.54, 1.807) is 24.6 Å². The smallest absolute Gasteiger partial charge is 0.310 e. The molecule has 0 spiro atoms. The lowest BCUT2D eigenvalue weighted by Gasteiger charge is -2.18. The molecular weight excluding hydrogens is 306 g/mol. The molecule has 2 rings (SSSR count). The first-order valence-corrected chi connectivity index (χ1v) is 7.77. The number of amides is 1. The number of aliphatic carboxylic acids is 1. The summed E-state index contributed by atoms with van der Waals surface area (Å²) in [5.41, 5.74) is 3.22. The van der Waals surface area contributed by atoms with Crippen LogP contribution in [0.4, 0.5) is 0 Å². The number of benzene rings is 1. The van der Waals surface area contributed by atoms with Gasteiger partial charge in [0.05, 0.1) is 11.1 Å². The normalized spacial score (nSPS) is 11.4. The van der Waals surface area contributed by atoms with Gasteiger partial charge in [0.1, 0.15) is 0 Å². The maximum atomic E-state index is 12.3. The van der Waals surface area contributed by atoms with Crippen molar-refractivity contribution < 1.29 is 14.7 Å². The molecule has 2 aromatic rings. The summed E-state index contributed by atoms with van der Waals surface area (Å²) in [6.45, 7) is 9.07. The number of rotatable bonds is 5. The molecule has 1 heterocycles. The SMILES string of the molecule is Cc1cc(C)cc(-n2nc(C(=O)NCC(C)(C)C(=O)O)cc2C)c1. The van der Waals surface area contributed by atoms with Gasteiger partial charge in [-0.1, -0.05) is 6.07 Å². The van der Waals surface area contributed by atoms with E-state index in [0.717, 1.165) is 22.5 Å². The minimum Gasteiger partial charge on any atom is -0.481 e. The number of nitrogens with zero attached hydrogens (tertiary/aromatic N) is 2. The fourth-order valence-corrected chi connectivity index (χ4v) is 2.39. The topological polar surface area (TPSA) is 84.2 Å². The summed E-state index contributed by atoms with van der Waals surface area (Å²) in [5.74, 6) is -1.34. The molecule has 0 aliphatic carbocycles. The van der Waals surface area contributed by atoms with Crippen molar-refractivity contribution in [3.63, 3.8) is 0 Å². The summed E-state index contributed by atoms with van der Waals surface area (Å²) >= 11 is 0. The molecular formula is C18H23N3O3. The third-order valence-corrected chi connectivity index (χ3v) is 3.84. The molecule has 2 N–H and O–H groups in total. The zero-order chi connectivity index (χ0) is 18.1. The summed E-state index contributed by atoms with van der Waals surface area (Å²) < 4.78 is 1.72. The molecule has 128 valence electrons. The Labute approximate surface area is 141 Å². The molecule has 0 saturated heterocycles. The molecule has 0 fully saturated rings. The molecule has 0 radical (unpaired) electrons. The van der Waals surface area contributed by atoms with Crippen LogP contribution in [-0.2, 0) is 4.79 Å². The van der Waals surface area contributed by atoms with Crippen LogP contribution in [-0.4, -0.2) is 33.3 Å². The number of aromatic nitrogens is 2. The van der Waals surface area contributed by atoms with E-state index >= 15 is 0 Å². The molecule has 24 heavy (non-hydrogen) atoms. The highest BCUT2D eigenvalue weighted by Crippen LogP contribution is 2.17. The first-order chi connectivity index (χ1) is 11.1. The zero-order valence-corrected chi connectivity index (χ0v) is 14.7. The Bertz CT molecular complexity index is 771. The van der Waals surface area contributed by atoms with Gasteiger partial charge in [0.15, 0.2) is 5.69 Å². The largest absolute Gasteiger partial charge is 0.481 e. The van der Waals surface area contributed by atoms with E-state index in [2.05, 4.69) is 16.5 Å². The van der Waals surface area contributed by atoms with E-state index in [4.69, 9.17) is 5.11 Å². The Balaban J connectivity index is 2.22. The molecule has 6 heteroatoms. The second-order valence-corrected chi connectivity index (χ2v) is 6.80. The molecule has 1 aromatic carbocycles. The van der Waals surface area contributed by atoms with Crippen LogP contribution >= 0.6 is 0 Å². The van der Waals surface area contributed by atoms with Crippen LogP contribution in [0.5, 0.6) is 0 Å². The summed E-state index contributed by atoms with van der Waals surface area (Å²) in [6, 6.07) is 7.77. The van der Waals surface area contributed by atoms with E-state index in [9.17, 15) is 9.59 Å². The second kappa shape index (κ2) is 6.47. The minimum absolute atomic E-state index is 0.0383. The van der Waals surface area contributed by atoms with Gasteiger partial charge in [-0.3, -0.25) is 9.59 Å². The Kier molecular flexibility index (Phi) is 4.78. The van der Waals surface area contributed by atoms with Crippen molar-refractivity contribution in [3.8, 4) is 5.69 Å². The molecule has 0 atom stereocenters. The maximum absolute atomic E-state index is 12.3. The van der Waals surface area contributed by atoms with Gasteiger partial charge >= 0.3 is 5.97 Å². The van der Waals surface area contributed by atoms with Gasteiger partial charge in [0.25, 0.3) is 5.91 Å². The van der Waals surface area contributed by atoms with Crippen LogP contribution in [0.3, 0.4) is 0 Å². The first-order valence-electron chi connectivity index (χ1n) is 7.77. The van der Waals surface area contributed by atoms with Gasteiger partial charge in [-0.15, -0.1) is 0 Å². The van der Waals surface area contributed by atoms with Crippen LogP contribution in [0.1, 0.15) is 41.2 Å². The molecule has 1 aromatic heterocycles. The fraction of sp³-hybridized carbons (Fsp3) is 0.389. The highest BCUT2D eigenvalue weighted by molar-refractivity contribution is 5.92. The molecule has 0 bridgehead atoms. The van der Waals surface area contributed by atoms with Gasteiger partial charge in [-0.05, 0) is 63.9 Å². The maximum Gasteiger partial charge on any atom is 0.310 e. The third kappa shape index (κ3) is 3.82. The highest BCUT2D eigenvalue weighted by Gasteiger charge is 2.28. The number of carbonyl (C=O) groups is 2. The van der Waals surface area contributed by atoms with Crippen molar-refractivity contribution >= 4 is 11.9 Å². The van der Waals surface area contributed by atoms with Crippen molar-refractivity contribution in [2.75, 3.05) is 6.54 Å². The third-order valence-electron chi connectivity index (χ3n) is 3.84. The van der Waals surface area contributed by atoms with Gasteiger partial charge in [0, 0.05) is 12.2 Å². The molecule has 0 aliphatic rings. The monoisotopic (exact) mass is 329 g/mol. The number of hydrogen-bond donors (Lipinski definition) is 2. The van der Waals surface area contributed by atoms with Crippen molar-refractivity contribution in [2.24, 2.45) is 5.41 Å². The number of aryl methyl sites for hydroxylation is 3. The zero-order valence-electron chi connectivity index (χ0n) is 14.7. The standard InChI is InChI=1S/C18H23N3O3/c1-11-6-12(2)8-14(7-11)21-13(3)9-15(20-21)16(22)19-10-18(4,5)17(23)24/h6-9H,10H2,1-5H3,(H,19,22)(H,23,24). The van der Waals surface area contributed by atoms with Gasteiger partial charge in [-0.25, -0.2) is 4.68 Å².